The van der Waals surface area contributed by atoms with Crippen LogP contribution >= 0.6 is 35.1 Å². The van der Waals surface area contributed by atoms with Crippen LogP contribution in [0.4, 0.5) is 4.79 Å². The molecule has 3 rings (SSSR count). The Balaban J connectivity index is 1.74. The number of carbonyl (C=O) groups excluding carboxylic acids is 2. The van der Waals surface area contributed by atoms with Crippen molar-refractivity contribution in [3.63, 3.8) is 0 Å². The van der Waals surface area contributed by atoms with E-state index in [1.165, 1.54) is 7.05 Å². The number of benzene rings is 2. The molecule has 3 nitrogen and oxygen atoms in total. The molecule has 0 atom stereocenters. The molecule has 0 spiro atoms. The number of rotatable bonds is 3. The lowest BCUT2D eigenvalue weighted by Crippen LogP contribution is -2.22. The monoisotopic (exact) mass is 361 g/mol. The highest BCUT2D eigenvalue weighted by molar-refractivity contribution is 8.18. The van der Waals surface area contributed by atoms with Gasteiger partial charge in [-0.05, 0) is 59.8 Å². The SMILES string of the molecule is CN1C(=O)S/C(=C/c2ccc(Sc3ccc(Cl)cc3)cc2)C1=O. The van der Waals surface area contributed by atoms with E-state index in [1.807, 2.05) is 48.5 Å². The molecule has 1 heterocycles. The molecule has 1 aliphatic heterocycles. The van der Waals surface area contributed by atoms with E-state index in [0.29, 0.717) is 4.91 Å². The van der Waals surface area contributed by atoms with Crippen LogP contribution in [0.15, 0.2) is 63.2 Å². The van der Waals surface area contributed by atoms with Gasteiger partial charge in [-0.3, -0.25) is 14.5 Å². The third-order valence-electron chi connectivity index (χ3n) is 3.21. The number of likely N-dealkylation sites (N-methyl/N-ethyl adjacent to an activating group) is 1. The Morgan fingerprint density at radius 2 is 1.57 bits per heavy atom. The van der Waals surface area contributed by atoms with Gasteiger partial charge in [0.2, 0.25) is 0 Å². The third kappa shape index (κ3) is 3.80. The Morgan fingerprint density at radius 1 is 1.00 bits per heavy atom. The molecule has 0 unspecified atom stereocenters. The summed E-state index contributed by atoms with van der Waals surface area (Å²) in [6, 6.07) is 15.5. The van der Waals surface area contributed by atoms with Gasteiger partial charge in [-0.15, -0.1) is 0 Å². The minimum Gasteiger partial charge on any atom is -0.272 e. The molecule has 0 bridgehead atoms. The second-order valence-corrected chi connectivity index (χ2v) is 7.44. The van der Waals surface area contributed by atoms with Gasteiger partial charge in [-0.2, -0.15) is 0 Å². The Bertz CT molecular complexity index is 785. The van der Waals surface area contributed by atoms with Crippen molar-refractivity contribution in [1.82, 2.24) is 4.90 Å². The summed E-state index contributed by atoms with van der Waals surface area (Å²) in [6.07, 6.45) is 1.74. The summed E-state index contributed by atoms with van der Waals surface area (Å²) in [5.74, 6) is -0.250. The Kier molecular flexibility index (Phi) is 4.80. The number of hydrogen-bond acceptors (Lipinski definition) is 4. The van der Waals surface area contributed by atoms with Crippen molar-refractivity contribution in [2.45, 2.75) is 9.79 Å². The normalized spacial score (nSPS) is 16.4. The number of imide groups is 1. The van der Waals surface area contributed by atoms with Crippen molar-refractivity contribution in [2.75, 3.05) is 7.05 Å². The molecule has 2 amide bonds. The van der Waals surface area contributed by atoms with Gasteiger partial charge >= 0.3 is 0 Å². The first kappa shape index (κ1) is 16.2. The van der Waals surface area contributed by atoms with Crippen LogP contribution in [0.3, 0.4) is 0 Å². The van der Waals surface area contributed by atoms with Crippen molar-refractivity contribution in [1.29, 1.82) is 0 Å². The highest BCUT2D eigenvalue weighted by Crippen LogP contribution is 2.32. The number of hydrogen-bond donors (Lipinski definition) is 0. The molecule has 0 saturated carbocycles. The number of carbonyl (C=O) groups is 2. The van der Waals surface area contributed by atoms with Crippen LogP contribution in [-0.2, 0) is 4.79 Å². The minimum absolute atomic E-state index is 0.240. The highest BCUT2D eigenvalue weighted by atomic mass is 35.5. The molecule has 23 heavy (non-hydrogen) atoms. The maximum atomic E-state index is 11.9. The molecule has 2 aromatic rings. The summed E-state index contributed by atoms with van der Waals surface area (Å²) >= 11 is 8.48. The molecule has 1 aliphatic rings. The predicted molar refractivity (Wildman–Crippen MR) is 95.8 cm³/mol. The average molecular weight is 362 g/mol. The van der Waals surface area contributed by atoms with Gasteiger partial charge in [0.1, 0.15) is 0 Å². The summed E-state index contributed by atoms with van der Waals surface area (Å²) in [6.45, 7) is 0. The van der Waals surface area contributed by atoms with Crippen molar-refractivity contribution in [2.24, 2.45) is 0 Å². The van der Waals surface area contributed by atoms with Gasteiger partial charge in [0.15, 0.2) is 0 Å². The van der Waals surface area contributed by atoms with E-state index in [-0.39, 0.29) is 11.1 Å². The first-order chi connectivity index (χ1) is 11.0. The van der Waals surface area contributed by atoms with Gasteiger partial charge in [0.25, 0.3) is 11.1 Å². The van der Waals surface area contributed by atoms with E-state index >= 15 is 0 Å². The van der Waals surface area contributed by atoms with E-state index < -0.39 is 0 Å². The lowest BCUT2D eigenvalue weighted by Gasteiger charge is -2.03. The van der Waals surface area contributed by atoms with Gasteiger partial charge in [0, 0.05) is 21.9 Å². The van der Waals surface area contributed by atoms with Crippen LogP contribution < -0.4 is 0 Å². The summed E-state index contributed by atoms with van der Waals surface area (Å²) in [5.41, 5.74) is 0.893. The molecular weight excluding hydrogens is 350 g/mol. The van der Waals surface area contributed by atoms with Crippen LogP contribution in [0.25, 0.3) is 6.08 Å². The van der Waals surface area contributed by atoms with Crippen molar-refractivity contribution >= 4 is 52.3 Å². The second-order valence-electron chi connectivity index (χ2n) is 4.87. The van der Waals surface area contributed by atoms with Crippen LogP contribution in [0.2, 0.25) is 5.02 Å². The molecule has 1 saturated heterocycles. The molecule has 0 radical (unpaired) electrons. The zero-order chi connectivity index (χ0) is 16.4. The van der Waals surface area contributed by atoms with E-state index in [4.69, 9.17) is 11.6 Å². The lowest BCUT2D eigenvalue weighted by molar-refractivity contribution is -0.121. The Morgan fingerprint density at radius 3 is 2.09 bits per heavy atom. The van der Waals surface area contributed by atoms with Crippen LogP contribution in [0, 0.1) is 0 Å². The molecule has 1 fully saturated rings. The van der Waals surface area contributed by atoms with E-state index in [0.717, 1.165) is 37.0 Å². The van der Waals surface area contributed by atoms with Gasteiger partial charge in [0.05, 0.1) is 4.91 Å². The maximum absolute atomic E-state index is 11.9. The smallest absolute Gasteiger partial charge is 0.272 e. The predicted octanol–water partition coefficient (Wildman–Crippen LogP) is 5.16. The maximum Gasteiger partial charge on any atom is 0.293 e. The van der Waals surface area contributed by atoms with Gasteiger partial charge in [-0.1, -0.05) is 35.5 Å². The quantitative estimate of drug-likeness (QED) is 0.708. The zero-order valence-corrected chi connectivity index (χ0v) is 14.5. The minimum atomic E-state index is -0.250. The van der Waals surface area contributed by atoms with Gasteiger partial charge in [-0.25, -0.2) is 0 Å². The summed E-state index contributed by atoms with van der Waals surface area (Å²) in [7, 11) is 1.49. The van der Waals surface area contributed by atoms with Crippen molar-refractivity contribution in [3.8, 4) is 0 Å². The average Bonchev–Trinajstić information content (AvgIpc) is 2.79. The molecule has 0 aliphatic carbocycles. The van der Waals surface area contributed by atoms with Gasteiger partial charge < -0.3 is 0 Å². The fourth-order valence-corrected chi connectivity index (χ4v) is 3.74. The molecule has 2 aromatic carbocycles. The fourth-order valence-electron chi connectivity index (χ4n) is 1.97. The zero-order valence-electron chi connectivity index (χ0n) is 12.2. The third-order valence-corrected chi connectivity index (χ3v) is 5.44. The van der Waals surface area contributed by atoms with Crippen molar-refractivity contribution in [3.05, 3.63) is 64.0 Å². The standard InChI is InChI=1S/C17H12ClNO2S2/c1-19-16(20)15(23-17(19)21)10-11-2-6-13(7-3-11)22-14-8-4-12(18)5-9-14/h2-10H,1H3/b15-10+. The van der Waals surface area contributed by atoms with E-state index in [1.54, 1.807) is 17.8 Å². The summed E-state index contributed by atoms with van der Waals surface area (Å²) in [4.78, 5) is 27.1. The summed E-state index contributed by atoms with van der Waals surface area (Å²) < 4.78 is 0. The first-order valence-electron chi connectivity index (χ1n) is 6.78. The van der Waals surface area contributed by atoms with Crippen LogP contribution in [0.5, 0.6) is 0 Å². The van der Waals surface area contributed by atoms with E-state index in [9.17, 15) is 9.59 Å². The second kappa shape index (κ2) is 6.83. The topological polar surface area (TPSA) is 37.4 Å². The Labute approximate surface area is 147 Å². The molecule has 0 aromatic heterocycles. The molecular formula is C17H12ClNO2S2. The van der Waals surface area contributed by atoms with Crippen molar-refractivity contribution < 1.29 is 9.59 Å². The van der Waals surface area contributed by atoms with Crippen LogP contribution in [-0.4, -0.2) is 23.1 Å². The lowest BCUT2D eigenvalue weighted by atomic mass is 10.2. The first-order valence-corrected chi connectivity index (χ1v) is 8.79. The number of halogens is 1. The fraction of sp³-hybridized carbons (Fsp3) is 0.0588. The largest absolute Gasteiger partial charge is 0.293 e. The molecule has 6 heteroatoms. The molecule has 116 valence electrons. The molecule has 0 N–H and O–H groups in total. The number of nitrogens with zero attached hydrogens (tertiary/aromatic N) is 1. The number of thioether (sulfide) groups is 1. The highest BCUT2D eigenvalue weighted by Gasteiger charge is 2.31. The summed E-state index contributed by atoms with van der Waals surface area (Å²) in [5, 5.41) is 0.478. The Hall–Kier alpha value is -1.69. The van der Waals surface area contributed by atoms with Crippen LogP contribution in [0.1, 0.15) is 5.56 Å². The van der Waals surface area contributed by atoms with E-state index in [2.05, 4.69) is 0 Å². The number of amides is 2.